The highest BCUT2D eigenvalue weighted by Crippen LogP contribution is 2.58. The van der Waals surface area contributed by atoms with E-state index in [2.05, 4.69) is 40.8 Å². The molecule has 11 heteroatoms. The Kier molecular flexibility index (Phi) is 5.85. The van der Waals surface area contributed by atoms with Crippen molar-refractivity contribution in [1.82, 2.24) is 0 Å². The Morgan fingerprint density at radius 1 is 0.816 bits per heavy atom. The van der Waals surface area contributed by atoms with Gasteiger partial charge in [0.05, 0.1) is 14.1 Å². The Labute approximate surface area is 237 Å². The average Bonchev–Trinajstić information content (AvgIpc) is 3.72. The second-order valence-electron chi connectivity index (χ2n) is 8.71. The molecule has 0 radical (unpaired) electrons. The van der Waals surface area contributed by atoms with Gasteiger partial charge in [-0.15, -0.1) is 45.3 Å². The van der Waals surface area contributed by atoms with Crippen molar-refractivity contribution in [3.05, 3.63) is 57.1 Å². The average molecular weight is 581 g/mol. The predicted octanol–water partition coefficient (Wildman–Crippen LogP) is 9.39. The van der Waals surface area contributed by atoms with Gasteiger partial charge in [0.2, 0.25) is 10.7 Å². The molecule has 0 fully saturated rings. The molecule has 5 heterocycles. The van der Waals surface area contributed by atoms with Crippen molar-refractivity contribution >= 4 is 109 Å². The Bertz CT molecular complexity index is 2020. The summed E-state index contributed by atoms with van der Waals surface area (Å²) in [5, 5.41) is 28.3. The molecule has 5 aromatic rings. The number of nitriles is 3. The summed E-state index contributed by atoms with van der Waals surface area (Å²) in [6.45, 7) is 11.5. The van der Waals surface area contributed by atoms with Crippen LogP contribution in [-0.2, 0) is 5.41 Å². The zero-order valence-electron chi connectivity index (χ0n) is 19.7. The number of aliphatic imine (C=N–C) groups is 2. The quantitative estimate of drug-likeness (QED) is 0.120. The molecule has 180 valence electrons. The van der Waals surface area contributed by atoms with E-state index in [9.17, 15) is 0 Å². The highest BCUT2D eigenvalue weighted by Gasteiger charge is 2.38. The maximum Gasteiger partial charge on any atom is 0.350 e. The lowest BCUT2D eigenvalue weighted by Crippen LogP contribution is -2.15. The number of allylic oxidation sites excluding steroid dienone is 1. The minimum absolute atomic E-state index is 0.140. The van der Waals surface area contributed by atoms with Crippen LogP contribution in [0.4, 0.5) is 10.0 Å². The minimum atomic E-state index is -0.190. The molecular weight excluding hydrogens is 569 g/mol. The van der Waals surface area contributed by atoms with E-state index in [0.717, 1.165) is 14.6 Å². The molecule has 0 aromatic carbocycles. The molecule has 1 aliphatic rings. The molecule has 0 aliphatic heterocycles. The first kappa shape index (κ1) is 24.4. The van der Waals surface area contributed by atoms with Crippen molar-refractivity contribution in [1.29, 1.82) is 15.8 Å². The summed E-state index contributed by atoms with van der Waals surface area (Å²) in [5.41, 5.74) is 2.25. The largest absolute Gasteiger partial charge is 0.351 e. The topological polar surface area (TPSA) is 100 Å². The smallest absolute Gasteiger partial charge is 0.350 e. The van der Waals surface area contributed by atoms with E-state index in [0.29, 0.717) is 10.0 Å². The van der Waals surface area contributed by atoms with Crippen molar-refractivity contribution < 1.29 is 0 Å². The third-order valence-electron chi connectivity index (χ3n) is 6.13. The molecular formula is C27H12N6S5. The number of rotatable bonds is 4. The van der Waals surface area contributed by atoms with Crippen LogP contribution < -0.4 is 0 Å². The highest BCUT2D eigenvalue weighted by atomic mass is 32.1. The normalized spacial score (nSPS) is 13.9. The van der Waals surface area contributed by atoms with Crippen LogP contribution in [0.2, 0.25) is 0 Å². The molecule has 0 saturated carbocycles. The van der Waals surface area contributed by atoms with Gasteiger partial charge in [-0.3, -0.25) is 0 Å². The third kappa shape index (κ3) is 3.81. The van der Waals surface area contributed by atoms with Gasteiger partial charge in [-0.2, -0.15) is 10.5 Å². The Balaban J connectivity index is 1.37. The highest BCUT2D eigenvalue weighted by molar-refractivity contribution is 7.40. The number of amidine groups is 1. The van der Waals surface area contributed by atoms with Gasteiger partial charge in [-0.05, 0) is 47.5 Å². The van der Waals surface area contributed by atoms with Crippen LogP contribution in [0.15, 0.2) is 40.3 Å². The lowest BCUT2D eigenvalue weighted by Gasteiger charge is -2.23. The van der Waals surface area contributed by atoms with E-state index < -0.39 is 0 Å². The van der Waals surface area contributed by atoms with Crippen LogP contribution in [0, 0.1) is 40.6 Å². The molecule has 38 heavy (non-hydrogen) atoms. The Hall–Kier alpha value is -3.94. The van der Waals surface area contributed by atoms with Crippen molar-refractivity contribution in [2.45, 2.75) is 19.3 Å². The van der Waals surface area contributed by atoms with E-state index in [1.807, 2.05) is 65.1 Å². The first-order chi connectivity index (χ1) is 18.4. The first-order valence-corrected chi connectivity index (χ1v) is 15.1. The fourth-order valence-corrected chi connectivity index (χ4v) is 11.0. The van der Waals surface area contributed by atoms with Crippen LogP contribution in [0.5, 0.6) is 0 Å². The second kappa shape index (κ2) is 9.11. The molecule has 0 N–H and O–H groups in total. The van der Waals surface area contributed by atoms with E-state index >= 15 is 0 Å². The predicted molar refractivity (Wildman–Crippen MR) is 161 cm³/mol. The molecule has 0 saturated heterocycles. The van der Waals surface area contributed by atoms with Gasteiger partial charge in [0.25, 0.3) is 0 Å². The van der Waals surface area contributed by atoms with E-state index in [-0.39, 0.29) is 17.0 Å². The zero-order chi connectivity index (χ0) is 26.6. The lowest BCUT2D eigenvalue weighted by molar-refractivity contribution is 0.715. The first-order valence-electron chi connectivity index (χ1n) is 11.0. The van der Waals surface area contributed by atoms with Crippen LogP contribution in [-0.4, -0.2) is 11.5 Å². The van der Waals surface area contributed by atoms with Gasteiger partial charge >= 0.3 is 5.84 Å². The fourth-order valence-electron chi connectivity index (χ4n) is 4.46. The van der Waals surface area contributed by atoms with Crippen LogP contribution in [0.1, 0.15) is 29.2 Å². The lowest BCUT2D eigenvalue weighted by atomic mass is 9.81. The van der Waals surface area contributed by atoms with Gasteiger partial charge in [-0.25, -0.2) is 10.3 Å². The van der Waals surface area contributed by atoms with E-state index in [4.69, 9.17) is 22.4 Å². The summed E-state index contributed by atoms with van der Waals surface area (Å²) in [5.74, 6) is -0.156. The van der Waals surface area contributed by atoms with Gasteiger partial charge < -0.3 is 4.85 Å². The zero-order valence-corrected chi connectivity index (χ0v) is 23.8. The van der Waals surface area contributed by atoms with Gasteiger partial charge in [0.1, 0.15) is 23.2 Å². The molecule has 0 amide bonds. The van der Waals surface area contributed by atoms with Gasteiger partial charge in [0.15, 0.2) is 0 Å². The van der Waals surface area contributed by atoms with Crippen molar-refractivity contribution in [3.63, 3.8) is 0 Å². The fraction of sp³-hybridized carbons (Fsp3) is 0.111. The molecule has 0 bridgehead atoms. The molecule has 0 unspecified atom stereocenters. The van der Waals surface area contributed by atoms with Crippen LogP contribution in [0.3, 0.4) is 0 Å². The molecule has 5 aromatic heterocycles. The third-order valence-corrected chi connectivity index (χ3v) is 12.2. The summed E-state index contributed by atoms with van der Waals surface area (Å²) in [6, 6.07) is 15.4. The van der Waals surface area contributed by atoms with Gasteiger partial charge in [0, 0.05) is 29.6 Å². The molecule has 0 atom stereocenters. The number of thiophene rings is 5. The second-order valence-corrected chi connectivity index (χ2v) is 14.0. The monoisotopic (exact) mass is 580 g/mol. The van der Waals surface area contributed by atoms with Crippen LogP contribution >= 0.6 is 56.7 Å². The SMILES string of the molecule is [C-]#[N+]C(C#N)=Nc1ccc(-c2cc3sc4c5c(sc4c3s2)C=C(c2ccc(N=C(C#N)C#N)s2)C5(C)C)s1. The summed E-state index contributed by atoms with van der Waals surface area (Å²) in [4.78, 5) is 16.0. The van der Waals surface area contributed by atoms with Crippen molar-refractivity contribution in [3.8, 4) is 28.0 Å². The van der Waals surface area contributed by atoms with E-state index in [1.54, 1.807) is 11.3 Å². The number of hydrogen-bond acceptors (Lipinski definition) is 10. The standard InChI is InChI=1S/C27H12N6S5/c1-27(2)14(15-4-6-21(34-15)32-13(10-28)11-29)8-18-23(27)25-26(37-18)24-19(38-25)9-17(36-24)16-5-7-22(35-16)33-20(12-30)31-3/h4-9H,1-2H3. The van der Waals surface area contributed by atoms with Crippen molar-refractivity contribution in [2.75, 3.05) is 0 Å². The molecule has 1 aliphatic carbocycles. The molecule has 6 rings (SSSR count). The number of nitrogens with zero attached hydrogens (tertiary/aromatic N) is 6. The molecule has 0 spiro atoms. The summed E-state index contributed by atoms with van der Waals surface area (Å²) in [7, 11) is 0. The number of hydrogen-bond donors (Lipinski definition) is 0. The summed E-state index contributed by atoms with van der Waals surface area (Å²) in [6.07, 6.45) is 2.27. The minimum Gasteiger partial charge on any atom is -0.351 e. The maximum atomic E-state index is 9.02. The maximum absolute atomic E-state index is 9.02. The number of fused-ring (bicyclic) bond motifs is 5. The summed E-state index contributed by atoms with van der Waals surface area (Å²) < 4.78 is 5.18. The van der Waals surface area contributed by atoms with Crippen LogP contribution in [0.25, 0.3) is 45.0 Å². The van der Waals surface area contributed by atoms with Gasteiger partial charge in [-0.1, -0.05) is 36.7 Å². The van der Waals surface area contributed by atoms with Crippen molar-refractivity contribution in [2.24, 2.45) is 9.98 Å². The Morgan fingerprint density at radius 3 is 2.24 bits per heavy atom. The van der Waals surface area contributed by atoms with E-state index in [1.165, 1.54) is 57.5 Å². The summed E-state index contributed by atoms with van der Waals surface area (Å²) >= 11 is 8.39. The Morgan fingerprint density at radius 2 is 1.53 bits per heavy atom. The molecule has 6 nitrogen and oxygen atoms in total.